The Morgan fingerprint density at radius 2 is 1.83 bits per heavy atom. The van der Waals surface area contributed by atoms with Crippen molar-refractivity contribution in [3.63, 3.8) is 0 Å². The summed E-state index contributed by atoms with van der Waals surface area (Å²) in [6.07, 6.45) is 3.97. The Morgan fingerprint density at radius 1 is 1.22 bits per heavy atom. The van der Waals surface area contributed by atoms with Gasteiger partial charge in [0, 0.05) is 17.1 Å². The first-order valence-electron chi connectivity index (χ1n) is 6.28. The molecule has 3 nitrogen and oxygen atoms in total. The molecule has 0 fully saturated rings. The van der Waals surface area contributed by atoms with Crippen molar-refractivity contribution in [2.45, 2.75) is 38.6 Å². The van der Waals surface area contributed by atoms with E-state index in [1.807, 2.05) is 6.07 Å². The third kappa shape index (κ3) is 4.07. The highest BCUT2D eigenvalue weighted by Gasteiger charge is 2.10. The molecule has 0 amide bonds. The SMILES string of the molecule is CCC(N)CCCc1cc(OC)c(OC)cc1Cl. The van der Waals surface area contributed by atoms with Gasteiger partial charge in [-0.25, -0.2) is 0 Å². The van der Waals surface area contributed by atoms with Crippen molar-refractivity contribution in [2.24, 2.45) is 5.73 Å². The number of halogens is 1. The Balaban J connectivity index is 2.71. The molecule has 1 atom stereocenters. The lowest BCUT2D eigenvalue weighted by molar-refractivity contribution is 0.354. The van der Waals surface area contributed by atoms with Crippen LogP contribution in [-0.4, -0.2) is 20.3 Å². The van der Waals surface area contributed by atoms with E-state index in [0.29, 0.717) is 5.75 Å². The summed E-state index contributed by atoms with van der Waals surface area (Å²) >= 11 is 6.22. The van der Waals surface area contributed by atoms with Gasteiger partial charge in [0.15, 0.2) is 11.5 Å². The van der Waals surface area contributed by atoms with E-state index in [1.54, 1.807) is 20.3 Å². The van der Waals surface area contributed by atoms with Crippen molar-refractivity contribution in [1.82, 2.24) is 0 Å². The fourth-order valence-electron chi connectivity index (χ4n) is 1.85. The minimum atomic E-state index is 0.281. The highest BCUT2D eigenvalue weighted by atomic mass is 35.5. The van der Waals surface area contributed by atoms with E-state index < -0.39 is 0 Å². The maximum Gasteiger partial charge on any atom is 0.162 e. The topological polar surface area (TPSA) is 44.5 Å². The first-order valence-corrected chi connectivity index (χ1v) is 6.66. The summed E-state index contributed by atoms with van der Waals surface area (Å²) in [6.45, 7) is 2.11. The molecule has 1 aromatic rings. The first-order chi connectivity index (χ1) is 8.62. The largest absolute Gasteiger partial charge is 0.493 e. The molecular weight excluding hydrogens is 250 g/mol. The number of nitrogens with two attached hydrogens (primary N) is 1. The summed E-state index contributed by atoms with van der Waals surface area (Å²) in [4.78, 5) is 0. The lowest BCUT2D eigenvalue weighted by Crippen LogP contribution is -2.18. The number of hydrogen-bond acceptors (Lipinski definition) is 3. The van der Waals surface area contributed by atoms with Crippen LogP contribution in [0.25, 0.3) is 0 Å². The number of aryl methyl sites for hydroxylation is 1. The van der Waals surface area contributed by atoms with Crippen LogP contribution < -0.4 is 15.2 Å². The number of hydrogen-bond donors (Lipinski definition) is 1. The van der Waals surface area contributed by atoms with Crippen LogP contribution in [0.1, 0.15) is 31.7 Å². The average Bonchev–Trinajstić information content (AvgIpc) is 2.39. The number of ether oxygens (including phenoxy) is 2. The molecule has 0 aliphatic carbocycles. The zero-order valence-corrected chi connectivity index (χ0v) is 12.1. The van der Waals surface area contributed by atoms with Crippen molar-refractivity contribution in [3.05, 3.63) is 22.7 Å². The Hall–Kier alpha value is -0.930. The summed E-state index contributed by atoms with van der Waals surface area (Å²) in [7, 11) is 3.23. The monoisotopic (exact) mass is 271 g/mol. The van der Waals surface area contributed by atoms with Crippen LogP contribution in [0, 0.1) is 0 Å². The second-order valence-electron chi connectivity index (χ2n) is 4.36. The van der Waals surface area contributed by atoms with Crippen molar-refractivity contribution >= 4 is 11.6 Å². The molecule has 102 valence electrons. The lowest BCUT2D eigenvalue weighted by atomic mass is 10.0. The van der Waals surface area contributed by atoms with E-state index in [-0.39, 0.29) is 6.04 Å². The molecular formula is C14H22ClNO2. The van der Waals surface area contributed by atoms with Crippen LogP contribution in [0.15, 0.2) is 12.1 Å². The van der Waals surface area contributed by atoms with Crippen LogP contribution in [0.5, 0.6) is 11.5 Å². The quantitative estimate of drug-likeness (QED) is 0.826. The van der Waals surface area contributed by atoms with E-state index >= 15 is 0 Å². The summed E-state index contributed by atoms with van der Waals surface area (Å²) < 4.78 is 10.5. The van der Waals surface area contributed by atoms with Gasteiger partial charge in [-0.05, 0) is 37.3 Å². The minimum Gasteiger partial charge on any atom is -0.493 e. The highest BCUT2D eigenvalue weighted by Crippen LogP contribution is 2.33. The van der Waals surface area contributed by atoms with Gasteiger partial charge in [-0.2, -0.15) is 0 Å². The second-order valence-corrected chi connectivity index (χ2v) is 4.77. The average molecular weight is 272 g/mol. The lowest BCUT2D eigenvalue weighted by Gasteiger charge is -2.12. The van der Waals surface area contributed by atoms with Crippen molar-refractivity contribution < 1.29 is 9.47 Å². The molecule has 0 spiro atoms. The van der Waals surface area contributed by atoms with Crippen molar-refractivity contribution in [2.75, 3.05) is 14.2 Å². The van der Waals surface area contributed by atoms with E-state index in [4.69, 9.17) is 26.8 Å². The Morgan fingerprint density at radius 3 is 2.39 bits per heavy atom. The third-order valence-corrected chi connectivity index (χ3v) is 3.45. The molecule has 0 saturated carbocycles. The molecule has 0 aliphatic heterocycles. The van der Waals surface area contributed by atoms with Gasteiger partial charge in [-0.1, -0.05) is 18.5 Å². The van der Waals surface area contributed by atoms with Gasteiger partial charge in [-0.15, -0.1) is 0 Å². The maximum absolute atomic E-state index is 6.22. The summed E-state index contributed by atoms with van der Waals surface area (Å²) in [5.41, 5.74) is 6.98. The fraction of sp³-hybridized carbons (Fsp3) is 0.571. The smallest absolute Gasteiger partial charge is 0.162 e. The molecule has 1 rings (SSSR count). The molecule has 0 bridgehead atoms. The molecule has 0 heterocycles. The summed E-state index contributed by atoms with van der Waals surface area (Å²) in [6, 6.07) is 4.03. The van der Waals surface area contributed by atoms with Crippen LogP contribution in [0.2, 0.25) is 5.02 Å². The molecule has 0 aliphatic rings. The predicted octanol–water partition coefficient (Wildman–Crippen LogP) is 3.42. The Kier molecular flexibility index (Phi) is 6.30. The summed E-state index contributed by atoms with van der Waals surface area (Å²) in [5, 5.41) is 0.720. The minimum absolute atomic E-state index is 0.281. The molecule has 2 N–H and O–H groups in total. The van der Waals surface area contributed by atoms with Gasteiger partial charge in [0.05, 0.1) is 14.2 Å². The highest BCUT2D eigenvalue weighted by molar-refractivity contribution is 6.31. The number of rotatable bonds is 7. The van der Waals surface area contributed by atoms with Gasteiger partial charge in [0.1, 0.15) is 0 Å². The van der Waals surface area contributed by atoms with E-state index in [0.717, 1.165) is 42.0 Å². The van der Waals surface area contributed by atoms with Gasteiger partial charge in [0.2, 0.25) is 0 Å². The second kappa shape index (κ2) is 7.49. The van der Waals surface area contributed by atoms with Gasteiger partial charge >= 0.3 is 0 Å². The van der Waals surface area contributed by atoms with Crippen LogP contribution >= 0.6 is 11.6 Å². The van der Waals surface area contributed by atoms with Crippen LogP contribution in [0.3, 0.4) is 0 Å². The van der Waals surface area contributed by atoms with Crippen LogP contribution in [0.4, 0.5) is 0 Å². The first kappa shape index (κ1) is 15.1. The zero-order chi connectivity index (χ0) is 13.5. The fourth-order valence-corrected chi connectivity index (χ4v) is 2.09. The van der Waals surface area contributed by atoms with Gasteiger partial charge < -0.3 is 15.2 Å². The van der Waals surface area contributed by atoms with Crippen molar-refractivity contribution in [3.8, 4) is 11.5 Å². The molecule has 4 heteroatoms. The van der Waals surface area contributed by atoms with Gasteiger partial charge in [0.25, 0.3) is 0 Å². The summed E-state index contributed by atoms with van der Waals surface area (Å²) in [5.74, 6) is 1.38. The number of methoxy groups -OCH3 is 2. The molecule has 0 radical (unpaired) electrons. The van der Waals surface area contributed by atoms with E-state index in [1.165, 1.54) is 0 Å². The number of benzene rings is 1. The molecule has 0 saturated heterocycles. The molecule has 18 heavy (non-hydrogen) atoms. The zero-order valence-electron chi connectivity index (χ0n) is 11.3. The van der Waals surface area contributed by atoms with Gasteiger partial charge in [-0.3, -0.25) is 0 Å². The normalized spacial score (nSPS) is 12.3. The molecule has 1 aromatic carbocycles. The standard InChI is InChI=1S/C14H22ClNO2/c1-4-11(16)7-5-6-10-8-13(17-2)14(18-3)9-12(10)15/h8-9,11H,4-7,16H2,1-3H3. The molecule has 1 unspecified atom stereocenters. The van der Waals surface area contributed by atoms with E-state index in [9.17, 15) is 0 Å². The Labute approximate surface area is 114 Å². The third-order valence-electron chi connectivity index (χ3n) is 3.10. The van der Waals surface area contributed by atoms with Crippen molar-refractivity contribution in [1.29, 1.82) is 0 Å². The van der Waals surface area contributed by atoms with Crippen LogP contribution in [-0.2, 0) is 6.42 Å². The maximum atomic E-state index is 6.22. The Bertz CT molecular complexity index is 382. The predicted molar refractivity (Wildman–Crippen MR) is 75.8 cm³/mol. The van der Waals surface area contributed by atoms with E-state index in [2.05, 4.69) is 6.92 Å². The molecule has 0 aromatic heterocycles.